The van der Waals surface area contributed by atoms with Crippen LogP contribution in [0.15, 0.2) is 47.4 Å². The smallest absolute Gasteiger partial charge is 0.218 e. The maximum Gasteiger partial charge on any atom is 0.341 e. The van der Waals surface area contributed by atoms with E-state index >= 15 is 0 Å². The number of sulfone groups is 1. The van der Waals surface area contributed by atoms with E-state index < -0.39 is 15.6 Å². The molecular formula is C21H19ClF2O2S. The van der Waals surface area contributed by atoms with Crippen molar-refractivity contribution in [3.63, 3.8) is 0 Å². The second-order valence-electron chi connectivity index (χ2n) is 7.60. The Morgan fingerprint density at radius 2 is 1.52 bits per heavy atom. The van der Waals surface area contributed by atoms with E-state index in [0.717, 1.165) is 34.6 Å². The van der Waals surface area contributed by atoms with E-state index in [2.05, 4.69) is 6.07 Å². The number of allylic oxidation sites excluding steroid dienone is 2. The lowest BCUT2D eigenvalue weighted by molar-refractivity contribution is 0.234. The minimum absolute atomic E-state index is 0.311. The lowest BCUT2D eigenvalue weighted by Crippen LogP contribution is -2.11. The summed E-state index contributed by atoms with van der Waals surface area (Å²) in [4.78, 5) is -0.343. The van der Waals surface area contributed by atoms with E-state index in [0.29, 0.717) is 5.41 Å². The largest absolute Gasteiger partial charge is 0.341 e. The van der Waals surface area contributed by atoms with Crippen LogP contribution in [0, 0.1) is 12.3 Å². The summed E-state index contributed by atoms with van der Waals surface area (Å²) < 4.78 is 48.8. The van der Waals surface area contributed by atoms with Crippen LogP contribution < -0.4 is 0 Å². The molecule has 2 aromatic rings. The zero-order chi connectivity index (χ0) is 19.4. The van der Waals surface area contributed by atoms with Crippen LogP contribution in [-0.2, 0) is 9.84 Å². The molecule has 0 unspecified atom stereocenters. The molecule has 1 spiro atoms. The molecule has 0 heterocycles. The molecule has 0 atom stereocenters. The SMILES string of the molecule is Cc1cc(C2=C(c3ccc(S(=O)(=O)C(F)F)cc3)CC3(CC3)C2)ccc1Cl. The summed E-state index contributed by atoms with van der Waals surface area (Å²) in [5.74, 6) is -3.41. The third-order valence-corrected chi connectivity index (χ3v) is 7.52. The highest BCUT2D eigenvalue weighted by Gasteiger charge is 2.48. The van der Waals surface area contributed by atoms with Crippen LogP contribution in [0.2, 0.25) is 5.02 Å². The van der Waals surface area contributed by atoms with Gasteiger partial charge in [-0.1, -0.05) is 35.9 Å². The van der Waals surface area contributed by atoms with Crippen molar-refractivity contribution in [3.05, 3.63) is 64.2 Å². The van der Waals surface area contributed by atoms with E-state index in [1.54, 1.807) is 12.1 Å². The minimum Gasteiger partial charge on any atom is -0.218 e. The van der Waals surface area contributed by atoms with Crippen LogP contribution in [0.5, 0.6) is 0 Å². The molecule has 2 aliphatic rings. The Hall–Kier alpha value is -1.72. The highest BCUT2D eigenvalue weighted by atomic mass is 35.5. The van der Waals surface area contributed by atoms with Gasteiger partial charge in [0.25, 0.3) is 0 Å². The minimum atomic E-state index is -4.57. The molecule has 0 radical (unpaired) electrons. The van der Waals surface area contributed by atoms with Gasteiger partial charge in [-0.25, -0.2) is 8.42 Å². The molecule has 27 heavy (non-hydrogen) atoms. The van der Waals surface area contributed by atoms with Crippen LogP contribution in [0.25, 0.3) is 11.1 Å². The molecule has 0 saturated heterocycles. The van der Waals surface area contributed by atoms with Gasteiger partial charge in [0.05, 0.1) is 4.90 Å². The summed E-state index contributed by atoms with van der Waals surface area (Å²) in [6.07, 6.45) is 4.29. The Labute approximate surface area is 162 Å². The van der Waals surface area contributed by atoms with Crippen molar-refractivity contribution in [2.45, 2.75) is 43.3 Å². The molecule has 1 saturated carbocycles. The summed E-state index contributed by atoms with van der Waals surface area (Å²) in [7, 11) is -4.57. The normalized spacial score (nSPS) is 18.6. The number of hydrogen-bond donors (Lipinski definition) is 0. The first-order valence-electron chi connectivity index (χ1n) is 8.83. The van der Waals surface area contributed by atoms with Gasteiger partial charge < -0.3 is 0 Å². The van der Waals surface area contributed by atoms with Crippen LogP contribution >= 0.6 is 11.6 Å². The van der Waals surface area contributed by atoms with E-state index in [1.807, 2.05) is 19.1 Å². The molecule has 4 rings (SSSR count). The summed E-state index contributed by atoms with van der Waals surface area (Å²) in [5.41, 5.74) is 5.77. The average Bonchev–Trinajstić information content (AvgIpc) is 3.28. The number of rotatable bonds is 4. The molecule has 1 fully saturated rings. The van der Waals surface area contributed by atoms with Crippen LogP contribution in [0.1, 0.15) is 42.4 Å². The summed E-state index contributed by atoms with van der Waals surface area (Å²) in [6, 6.07) is 11.9. The lowest BCUT2D eigenvalue weighted by atomic mass is 9.96. The van der Waals surface area contributed by atoms with Gasteiger partial charge in [0.15, 0.2) is 0 Å². The van der Waals surface area contributed by atoms with Crippen molar-refractivity contribution in [1.82, 2.24) is 0 Å². The standard InChI is InChI=1S/C21H19ClF2O2S/c1-13-10-15(4-7-19(13)22)18-12-21(8-9-21)11-17(18)14-2-5-16(6-3-14)27(25,26)20(23)24/h2-7,10,20H,8-9,11-12H2,1H3. The van der Waals surface area contributed by atoms with Gasteiger partial charge in [0, 0.05) is 5.02 Å². The molecule has 2 aliphatic carbocycles. The quantitative estimate of drug-likeness (QED) is 0.609. The predicted octanol–water partition coefficient (Wildman–Crippen LogP) is 6.13. The van der Waals surface area contributed by atoms with Crippen LogP contribution in [-0.4, -0.2) is 14.2 Å². The molecule has 2 nitrogen and oxygen atoms in total. The molecular weight excluding hydrogens is 390 g/mol. The van der Waals surface area contributed by atoms with Gasteiger partial charge in [-0.3, -0.25) is 0 Å². The van der Waals surface area contributed by atoms with Gasteiger partial charge in [0.1, 0.15) is 0 Å². The molecule has 0 bridgehead atoms. The van der Waals surface area contributed by atoms with Crippen LogP contribution in [0.3, 0.4) is 0 Å². The van der Waals surface area contributed by atoms with Crippen LogP contribution in [0.4, 0.5) is 8.78 Å². The second kappa shape index (κ2) is 6.42. The van der Waals surface area contributed by atoms with Gasteiger partial charge in [-0.05, 0) is 84.1 Å². The average molecular weight is 409 g/mol. The number of halogens is 3. The van der Waals surface area contributed by atoms with Crippen molar-refractivity contribution >= 4 is 32.6 Å². The Morgan fingerprint density at radius 1 is 0.963 bits per heavy atom. The van der Waals surface area contributed by atoms with Gasteiger partial charge in [0.2, 0.25) is 9.84 Å². The van der Waals surface area contributed by atoms with E-state index in [-0.39, 0.29) is 4.90 Å². The van der Waals surface area contributed by atoms with Crippen molar-refractivity contribution in [2.75, 3.05) is 0 Å². The Kier molecular flexibility index (Phi) is 4.43. The summed E-state index contributed by atoms with van der Waals surface area (Å²) in [6.45, 7) is 1.97. The number of alkyl halides is 2. The van der Waals surface area contributed by atoms with Crippen molar-refractivity contribution in [2.24, 2.45) is 5.41 Å². The molecule has 0 N–H and O–H groups in total. The van der Waals surface area contributed by atoms with E-state index in [9.17, 15) is 17.2 Å². The maximum absolute atomic E-state index is 12.8. The number of aryl methyl sites for hydroxylation is 1. The Morgan fingerprint density at radius 3 is 2.04 bits per heavy atom. The third-order valence-electron chi connectivity index (χ3n) is 5.70. The van der Waals surface area contributed by atoms with Gasteiger partial charge in [-0.2, -0.15) is 8.78 Å². The molecule has 142 valence electrons. The monoisotopic (exact) mass is 408 g/mol. The van der Waals surface area contributed by atoms with Crippen molar-refractivity contribution in [3.8, 4) is 0 Å². The van der Waals surface area contributed by atoms with Crippen molar-refractivity contribution < 1.29 is 17.2 Å². The summed E-state index contributed by atoms with van der Waals surface area (Å²) >= 11 is 6.16. The fourth-order valence-corrected chi connectivity index (χ4v) is 4.73. The number of benzene rings is 2. The fourth-order valence-electron chi connectivity index (χ4n) is 3.89. The Bertz CT molecular complexity index is 1040. The third kappa shape index (κ3) is 3.32. The Balaban J connectivity index is 1.76. The first-order chi connectivity index (χ1) is 12.7. The maximum atomic E-state index is 12.8. The molecule has 0 amide bonds. The fraction of sp³-hybridized carbons (Fsp3) is 0.333. The lowest BCUT2D eigenvalue weighted by Gasteiger charge is -2.11. The first-order valence-corrected chi connectivity index (χ1v) is 10.8. The first kappa shape index (κ1) is 18.6. The van der Waals surface area contributed by atoms with E-state index in [1.165, 1.54) is 36.1 Å². The molecule has 6 heteroatoms. The zero-order valence-corrected chi connectivity index (χ0v) is 16.4. The number of hydrogen-bond acceptors (Lipinski definition) is 2. The topological polar surface area (TPSA) is 34.1 Å². The van der Waals surface area contributed by atoms with Gasteiger partial charge >= 0.3 is 5.76 Å². The summed E-state index contributed by atoms with van der Waals surface area (Å²) in [5, 5.41) is 0.724. The predicted molar refractivity (Wildman–Crippen MR) is 104 cm³/mol. The molecule has 0 aliphatic heterocycles. The second-order valence-corrected chi connectivity index (χ2v) is 9.93. The highest BCUT2D eigenvalue weighted by Crippen LogP contribution is 2.63. The molecule has 2 aromatic carbocycles. The van der Waals surface area contributed by atoms with Gasteiger partial charge in [-0.15, -0.1) is 0 Å². The van der Waals surface area contributed by atoms with E-state index in [4.69, 9.17) is 11.6 Å². The zero-order valence-electron chi connectivity index (χ0n) is 14.8. The van der Waals surface area contributed by atoms with Crippen molar-refractivity contribution in [1.29, 1.82) is 0 Å². The molecule has 0 aromatic heterocycles. The highest BCUT2D eigenvalue weighted by molar-refractivity contribution is 7.91.